The van der Waals surface area contributed by atoms with Crippen LogP contribution in [0.25, 0.3) is 0 Å². The van der Waals surface area contributed by atoms with E-state index in [0.717, 1.165) is 6.54 Å². The third kappa shape index (κ3) is 2.19. The molecule has 1 aliphatic rings. The van der Waals surface area contributed by atoms with Gasteiger partial charge in [0.25, 0.3) is 0 Å². The number of esters is 1. The first-order chi connectivity index (χ1) is 6.11. The monoisotopic (exact) mass is 187 g/mol. The van der Waals surface area contributed by atoms with Crippen LogP contribution in [-0.4, -0.2) is 48.3 Å². The second-order valence-electron chi connectivity index (χ2n) is 3.73. The SMILES string of the molecule is COC(=O)[C@@H]1CN1[C@H](CO)C(C)C. The van der Waals surface area contributed by atoms with Gasteiger partial charge in [0, 0.05) is 12.6 Å². The summed E-state index contributed by atoms with van der Waals surface area (Å²) in [5, 5.41) is 9.09. The summed E-state index contributed by atoms with van der Waals surface area (Å²) in [5.74, 6) is 0.166. The van der Waals surface area contributed by atoms with Crippen molar-refractivity contribution in [3.8, 4) is 0 Å². The molecule has 3 atom stereocenters. The zero-order valence-electron chi connectivity index (χ0n) is 8.36. The van der Waals surface area contributed by atoms with Crippen molar-refractivity contribution in [3.05, 3.63) is 0 Å². The predicted molar refractivity (Wildman–Crippen MR) is 48.2 cm³/mol. The number of carbonyl (C=O) groups is 1. The van der Waals surface area contributed by atoms with Gasteiger partial charge in [0.1, 0.15) is 6.04 Å². The molecule has 1 heterocycles. The first-order valence-corrected chi connectivity index (χ1v) is 4.56. The molecule has 13 heavy (non-hydrogen) atoms. The molecule has 0 bridgehead atoms. The smallest absolute Gasteiger partial charge is 0.324 e. The Kier molecular flexibility index (Phi) is 3.27. The van der Waals surface area contributed by atoms with E-state index in [2.05, 4.69) is 4.74 Å². The van der Waals surface area contributed by atoms with E-state index in [-0.39, 0.29) is 24.7 Å². The van der Waals surface area contributed by atoms with Gasteiger partial charge in [-0.1, -0.05) is 13.8 Å². The van der Waals surface area contributed by atoms with E-state index in [1.54, 1.807) is 0 Å². The Morgan fingerprint density at radius 1 is 1.69 bits per heavy atom. The molecule has 76 valence electrons. The molecule has 1 aliphatic heterocycles. The highest BCUT2D eigenvalue weighted by molar-refractivity contribution is 5.79. The highest BCUT2D eigenvalue weighted by Crippen LogP contribution is 2.26. The maximum atomic E-state index is 11.1. The first-order valence-electron chi connectivity index (χ1n) is 4.56. The molecule has 0 aliphatic carbocycles. The van der Waals surface area contributed by atoms with E-state index in [0.29, 0.717) is 5.92 Å². The Balaban J connectivity index is 2.44. The molecular formula is C9H17NO3. The van der Waals surface area contributed by atoms with Crippen LogP contribution in [0.4, 0.5) is 0 Å². The predicted octanol–water partition coefficient (Wildman–Crippen LogP) is -0.140. The van der Waals surface area contributed by atoms with Gasteiger partial charge in [-0.3, -0.25) is 9.69 Å². The van der Waals surface area contributed by atoms with Gasteiger partial charge >= 0.3 is 5.97 Å². The zero-order valence-corrected chi connectivity index (χ0v) is 8.36. The maximum Gasteiger partial charge on any atom is 0.324 e. The van der Waals surface area contributed by atoms with Gasteiger partial charge in [0.05, 0.1) is 13.7 Å². The summed E-state index contributed by atoms with van der Waals surface area (Å²) < 4.78 is 4.62. The Labute approximate surface area is 78.5 Å². The van der Waals surface area contributed by atoms with Crippen molar-refractivity contribution in [2.24, 2.45) is 5.92 Å². The number of ether oxygens (including phenoxy) is 1. The Morgan fingerprint density at radius 2 is 2.31 bits per heavy atom. The van der Waals surface area contributed by atoms with E-state index < -0.39 is 0 Å². The molecule has 0 aromatic rings. The van der Waals surface area contributed by atoms with E-state index in [1.165, 1.54) is 7.11 Å². The van der Waals surface area contributed by atoms with Crippen molar-refractivity contribution in [2.45, 2.75) is 25.9 Å². The first kappa shape index (κ1) is 10.5. The lowest BCUT2D eigenvalue weighted by Crippen LogP contribution is -2.32. The minimum atomic E-state index is -0.195. The molecule has 4 heteroatoms. The minimum Gasteiger partial charge on any atom is -0.468 e. The number of aliphatic hydroxyl groups is 1. The number of carbonyl (C=O) groups excluding carboxylic acids is 1. The van der Waals surface area contributed by atoms with Crippen molar-refractivity contribution in [1.29, 1.82) is 0 Å². The third-order valence-electron chi connectivity index (χ3n) is 2.51. The largest absolute Gasteiger partial charge is 0.468 e. The summed E-state index contributed by atoms with van der Waals surface area (Å²) in [5.41, 5.74) is 0. The Hall–Kier alpha value is -0.610. The van der Waals surface area contributed by atoms with Crippen molar-refractivity contribution >= 4 is 5.97 Å². The number of nitrogens with zero attached hydrogens (tertiary/aromatic N) is 1. The number of rotatable bonds is 4. The molecule has 1 unspecified atom stereocenters. The molecule has 0 radical (unpaired) electrons. The number of hydrogen-bond acceptors (Lipinski definition) is 4. The molecule has 1 N–H and O–H groups in total. The average Bonchev–Trinajstić information content (AvgIpc) is 2.84. The second-order valence-corrected chi connectivity index (χ2v) is 3.73. The van der Waals surface area contributed by atoms with Gasteiger partial charge in [0.2, 0.25) is 0 Å². The van der Waals surface area contributed by atoms with Crippen LogP contribution in [0.15, 0.2) is 0 Å². The third-order valence-corrected chi connectivity index (χ3v) is 2.51. The van der Waals surface area contributed by atoms with Gasteiger partial charge in [-0.15, -0.1) is 0 Å². The van der Waals surface area contributed by atoms with Crippen molar-refractivity contribution in [3.63, 3.8) is 0 Å². The summed E-state index contributed by atoms with van der Waals surface area (Å²) >= 11 is 0. The Morgan fingerprint density at radius 3 is 2.69 bits per heavy atom. The average molecular weight is 187 g/mol. The zero-order chi connectivity index (χ0) is 10.0. The van der Waals surface area contributed by atoms with E-state index in [4.69, 9.17) is 5.11 Å². The second kappa shape index (κ2) is 4.07. The highest BCUT2D eigenvalue weighted by atomic mass is 16.5. The number of hydrogen-bond donors (Lipinski definition) is 1. The van der Waals surface area contributed by atoms with Crippen LogP contribution in [0, 0.1) is 5.92 Å². The minimum absolute atomic E-state index is 0.0871. The number of methoxy groups -OCH3 is 1. The molecular weight excluding hydrogens is 170 g/mol. The van der Waals surface area contributed by atoms with Gasteiger partial charge < -0.3 is 9.84 Å². The van der Waals surface area contributed by atoms with Crippen LogP contribution in [-0.2, 0) is 9.53 Å². The summed E-state index contributed by atoms with van der Waals surface area (Å²) in [7, 11) is 1.39. The normalized spacial score (nSPS) is 28.7. The lowest BCUT2D eigenvalue weighted by Gasteiger charge is -2.19. The van der Waals surface area contributed by atoms with Crippen molar-refractivity contribution < 1.29 is 14.6 Å². The molecule has 0 saturated carbocycles. The fraction of sp³-hybridized carbons (Fsp3) is 0.889. The van der Waals surface area contributed by atoms with Gasteiger partial charge in [-0.25, -0.2) is 0 Å². The van der Waals surface area contributed by atoms with E-state index >= 15 is 0 Å². The molecule has 0 amide bonds. The van der Waals surface area contributed by atoms with Gasteiger partial charge in [-0.2, -0.15) is 0 Å². The standard InChI is InChI=1S/C9H17NO3/c1-6(2)8(5-11)10-4-7(10)9(12)13-3/h6-8,11H,4-5H2,1-3H3/t7-,8+,10?/m0/s1. The number of aliphatic hydroxyl groups excluding tert-OH is 1. The molecule has 1 saturated heterocycles. The summed E-state index contributed by atoms with van der Waals surface area (Å²) in [6.07, 6.45) is 0. The summed E-state index contributed by atoms with van der Waals surface area (Å²) in [6.45, 7) is 4.89. The van der Waals surface area contributed by atoms with Crippen molar-refractivity contribution in [2.75, 3.05) is 20.3 Å². The van der Waals surface area contributed by atoms with Crippen LogP contribution < -0.4 is 0 Å². The van der Waals surface area contributed by atoms with Crippen LogP contribution in [0.2, 0.25) is 0 Å². The highest BCUT2D eigenvalue weighted by Gasteiger charge is 2.46. The topological polar surface area (TPSA) is 49.5 Å². The van der Waals surface area contributed by atoms with Crippen LogP contribution in [0.3, 0.4) is 0 Å². The fourth-order valence-electron chi connectivity index (χ4n) is 1.56. The lowest BCUT2D eigenvalue weighted by molar-refractivity contribution is -0.141. The van der Waals surface area contributed by atoms with Gasteiger partial charge in [-0.05, 0) is 5.92 Å². The summed E-state index contributed by atoms with van der Waals surface area (Å²) in [4.78, 5) is 13.1. The van der Waals surface area contributed by atoms with E-state index in [9.17, 15) is 4.79 Å². The van der Waals surface area contributed by atoms with Crippen LogP contribution in [0.5, 0.6) is 0 Å². The summed E-state index contributed by atoms with van der Waals surface area (Å²) in [6, 6.07) is -0.0337. The molecule has 0 aromatic carbocycles. The van der Waals surface area contributed by atoms with Crippen LogP contribution >= 0.6 is 0 Å². The molecule has 1 rings (SSSR count). The van der Waals surface area contributed by atoms with Crippen LogP contribution in [0.1, 0.15) is 13.8 Å². The molecule has 4 nitrogen and oxygen atoms in total. The quantitative estimate of drug-likeness (QED) is 0.491. The molecule has 0 spiro atoms. The van der Waals surface area contributed by atoms with E-state index in [1.807, 2.05) is 18.7 Å². The molecule has 1 fully saturated rings. The maximum absolute atomic E-state index is 11.1. The van der Waals surface area contributed by atoms with Gasteiger partial charge in [0.15, 0.2) is 0 Å². The lowest BCUT2D eigenvalue weighted by atomic mass is 10.1. The fourth-order valence-corrected chi connectivity index (χ4v) is 1.56. The molecule has 0 aromatic heterocycles. The van der Waals surface area contributed by atoms with Crippen molar-refractivity contribution in [1.82, 2.24) is 4.90 Å². The Bertz CT molecular complexity index is 193.